The Labute approximate surface area is 163 Å². The molecule has 0 aliphatic heterocycles. The highest BCUT2D eigenvalue weighted by Crippen LogP contribution is 2.30. The summed E-state index contributed by atoms with van der Waals surface area (Å²) in [6.45, 7) is 0.384. The summed E-state index contributed by atoms with van der Waals surface area (Å²) in [6.07, 6.45) is 1.70. The number of fused-ring (bicyclic) bond motifs is 2. The highest BCUT2D eigenvalue weighted by atomic mass is 16.1. The summed E-state index contributed by atoms with van der Waals surface area (Å²) in [4.78, 5) is 12.6. The summed E-state index contributed by atoms with van der Waals surface area (Å²) in [5.74, 6) is -0.372. The van der Waals surface area contributed by atoms with Crippen molar-refractivity contribution in [2.75, 3.05) is 0 Å². The molecule has 0 unspecified atom stereocenters. The van der Waals surface area contributed by atoms with Crippen molar-refractivity contribution in [1.29, 1.82) is 5.26 Å². The minimum atomic E-state index is -0.372. The van der Waals surface area contributed by atoms with Crippen LogP contribution in [0.15, 0.2) is 90.5 Å². The average molecular weight is 362 g/mol. The fourth-order valence-electron chi connectivity index (χ4n) is 3.37. The van der Waals surface area contributed by atoms with Gasteiger partial charge in [-0.25, -0.2) is 0 Å². The molecule has 0 aliphatic carbocycles. The number of hydrogen-bond acceptors (Lipinski definition) is 2. The first kappa shape index (κ1) is 17.5. The van der Waals surface area contributed by atoms with Gasteiger partial charge in [-0.05, 0) is 44.8 Å². The third-order valence-corrected chi connectivity index (χ3v) is 4.76. The molecule has 0 fully saturated rings. The molecule has 0 spiro atoms. The summed E-state index contributed by atoms with van der Waals surface area (Å²) < 4.78 is 0. The summed E-state index contributed by atoms with van der Waals surface area (Å²) in [7, 11) is 0. The van der Waals surface area contributed by atoms with E-state index in [1.54, 1.807) is 6.08 Å². The van der Waals surface area contributed by atoms with E-state index in [4.69, 9.17) is 0 Å². The second kappa shape index (κ2) is 7.77. The van der Waals surface area contributed by atoms with E-state index in [1.165, 1.54) is 0 Å². The van der Waals surface area contributed by atoms with Gasteiger partial charge in [0.1, 0.15) is 11.6 Å². The summed E-state index contributed by atoms with van der Waals surface area (Å²) >= 11 is 0. The Bertz CT molecular complexity index is 1180. The Morgan fingerprint density at radius 1 is 0.857 bits per heavy atom. The molecule has 0 radical (unpaired) electrons. The van der Waals surface area contributed by atoms with Gasteiger partial charge in [-0.3, -0.25) is 4.79 Å². The minimum absolute atomic E-state index is 0.0948. The average Bonchev–Trinajstić information content (AvgIpc) is 2.75. The van der Waals surface area contributed by atoms with Crippen LogP contribution in [0.4, 0.5) is 0 Å². The predicted octanol–water partition coefficient (Wildman–Crippen LogP) is 5.22. The molecule has 0 aliphatic rings. The number of nitrogens with zero attached hydrogens (tertiary/aromatic N) is 1. The Hall–Kier alpha value is -3.90. The van der Waals surface area contributed by atoms with Gasteiger partial charge in [0.15, 0.2) is 0 Å². The van der Waals surface area contributed by atoms with Crippen molar-refractivity contribution in [3.8, 4) is 6.07 Å². The van der Waals surface area contributed by atoms with E-state index < -0.39 is 0 Å². The molecular weight excluding hydrogens is 344 g/mol. The van der Waals surface area contributed by atoms with Gasteiger partial charge in [-0.1, -0.05) is 78.9 Å². The molecular formula is C25H18N2O. The van der Waals surface area contributed by atoms with Crippen LogP contribution in [0.25, 0.3) is 27.6 Å². The fraction of sp³-hybridized carbons (Fsp3) is 0.0400. The van der Waals surface area contributed by atoms with Crippen LogP contribution in [0.5, 0.6) is 0 Å². The topological polar surface area (TPSA) is 52.9 Å². The largest absolute Gasteiger partial charge is 0.347 e. The van der Waals surface area contributed by atoms with Gasteiger partial charge in [0.25, 0.3) is 5.91 Å². The van der Waals surface area contributed by atoms with Crippen molar-refractivity contribution < 1.29 is 4.79 Å². The summed E-state index contributed by atoms with van der Waals surface area (Å²) in [5.41, 5.74) is 1.97. The fourth-order valence-corrected chi connectivity index (χ4v) is 3.37. The molecule has 3 nitrogen and oxygen atoms in total. The van der Waals surface area contributed by atoms with Gasteiger partial charge in [0, 0.05) is 6.54 Å². The highest BCUT2D eigenvalue weighted by molar-refractivity contribution is 6.11. The number of amides is 1. The number of rotatable bonds is 4. The van der Waals surface area contributed by atoms with Crippen LogP contribution in [0.2, 0.25) is 0 Å². The van der Waals surface area contributed by atoms with E-state index in [2.05, 4.69) is 17.5 Å². The van der Waals surface area contributed by atoms with Crippen molar-refractivity contribution in [2.24, 2.45) is 0 Å². The zero-order chi connectivity index (χ0) is 19.3. The van der Waals surface area contributed by atoms with E-state index >= 15 is 0 Å². The molecule has 28 heavy (non-hydrogen) atoms. The highest BCUT2D eigenvalue weighted by Gasteiger charge is 2.12. The lowest BCUT2D eigenvalue weighted by molar-refractivity contribution is -0.117. The molecule has 0 atom stereocenters. The van der Waals surface area contributed by atoms with Crippen LogP contribution < -0.4 is 5.32 Å². The lowest BCUT2D eigenvalue weighted by atomic mass is 9.95. The van der Waals surface area contributed by atoms with Crippen LogP contribution in [-0.2, 0) is 11.3 Å². The molecule has 4 aromatic rings. The molecule has 0 saturated heterocycles. The quantitative estimate of drug-likeness (QED) is 0.307. The van der Waals surface area contributed by atoms with Crippen molar-refractivity contribution >= 4 is 33.5 Å². The molecule has 3 heteroatoms. The number of nitriles is 1. The molecule has 134 valence electrons. The first-order valence-corrected chi connectivity index (χ1v) is 9.10. The zero-order valence-electron chi connectivity index (χ0n) is 15.2. The van der Waals surface area contributed by atoms with E-state index in [9.17, 15) is 10.1 Å². The molecule has 1 N–H and O–H groups in total. The Morgan fingerprint density at radius 2 is 1.43 bits per heavy atom. The summed E-state index contributed by atoms with van der Waals surface area (Å²) in [5, 5.41) is 16.6. The predicted molar refractivity (Wildman–Crippen MR) is 113 cm³/mol. The zero-order valence-corrected chi connectivity index (χ0v) is 15.2. The van der Waals surface area contributed by atoms with E-state index in [1.807, 2.05) is 78.9 Å². The minimum Gasteiger partial charge on any atom is -0.347 e. The maximum atomic E-state index is 12.6. The van der Waals surface area contributed by atoms with Crippen LogP contribution in [0.1, 0.15) is 11.1 Å². The third kappa shape index (κ3) is 3.49. The molecule has 0 bridgehead atoms. The third-order valence-electron chi connectivity index (χ3n) is 4.76. The van der Waals surface area contributed by atoms with Crippen molar-refractivity contribution in [1.82, 2.24) is 5.32 Å². The van der Waals surface area contributed by atoms with Crippen molar-refractivity contribution in [3.63, 3.8) is 0 Å². The summed E-state index contributed by atoms with van der Waals surface area (Å²) in [6, 6.07) is 29.9. The van der Waals surface area contributed by atoms with Gasteiger partial charge < -0.3 is 5.32 Å². The van der Waals surface area contributed by atoms with Gasteiger partial charge >= 0.3 is 0 Å². The number of benzene rings is 4. The Morgan fingerprint density at radius 3 is 2.04 bits per heavy atom. The van der Waals surface area contributed by atoms with Crippen LogP contribution in [0.3, 0.4) is 0 Å². The molecule has 4 rings (SSSR count). The first-order chi connectivity index (χ1) is 13.8. The molecule has 0 heterocycles. The maximum absolute atomic E-state index is 12.6. The molecule has 0 aromatic heterocycles. The number of carbonyl (C=O) groups excluding carboxylic acids is 1. The smallest absolute Gasteiger partial charge is 0.262 e. The first-order valence-electron chi connectivity index (χ1n) is 9.10. The van der Waals surface area contributed by atoms with Gasteiger partial charge in [-0.2, -0.15) is 5.26 Å². The SMILES string of the molecule is N#C/C(=C\c1c2ccccc2cc2ccccc12)C(=O)NCc1ccccc1. The maximum Gasteiger partial charge on any atom is 0.262 e. The number of nitrogens with one attached hydrogen (secondary N) is 1. The standard InChI is InChI=1S/C25H18N2O/c26-16-21(25(28)27-17-18-8-2-1-3-9-18)15-24-22-12-6-4-10-19(22)14-20-11-5-7-13-23(20)24/h1-15H,17H2,(H,27,28)/b21-15+. The second-order valence-corrected chi connectivity index (χ2v) is 6.57. The van der Waals surface area contributed by atoms with E-state index in [-0.39, 0.29) is 11.5 Å². The normalized spacial score (nSPS) is 11.3. The van der Waals surface area contributed by atoms with Crippen LogP contribution in [0, 0.1) is 11.3 Å². The Kier molecular flexibility index (Phi) is 4.86. The Balaban J connectivity index is 1.76. The molecule has 4 aromatic carbocycles. The van der Waals surface area contributed by atoms with E-state index in [0.29, 0.717) is 6.54 Å². The number of hydrogen-bond donors (Lipinski definition) is 1. The monoisotopic (exact) mass is 362 g/mol. The van der Waals surface area contributed by atoms with Crippen LogP contribution in [-0.4, -0.2) is 5.91 Å². The van der Waals surface area contributed by atoms with Gasteiger partial charge in [-0.15, -0.1) is 0 Å². The van der Waals surface area contributed by atoms with Gasteiger partial charge in [0.05, 0.1) is 0 Å². The molecule has 1 amide bonds. The lowest BCUT2D eigenvalue weighted by Gasteiger charge is -2.09. The second-order valence-electron chi connectivity index (χ2n) is 6.57. The van der Waals surface area contributed by atoms with Gasteiger partial charge in [0.2, 0.25) is 0 Å². The van der Waals surface area contributed by atoms with Crippen molar-refractivity contribution in [3.05, 3.63) is 102 Å². The number of carbonyl (C=O) groups is 1. The van der Waals surface area contributed by atoms with Crippen LogP contribution >= 0.6 is 0 Å². The van der Waals surface area contributed by atoms with E-state index in [0.717, 1.165) is 32.7 Å². The van der Waals surface area contributed by atoms with Crippen molar-refractivity contribution in [2.45, 2.75) is 6.54 Å². The molecule has 0 saturated carbocycles. The lowest BCUT2D eigenvalue weighted by Crippen LogP contribution is -2.23.